The molecule has 5 rings (SSSR count). The lowest BCUT2D eigenvalue weighted by Crippen LogP contribution is -2.31. The van der Waals surface area contributed by atoms with Crippen molar-refractivity contribution < 1.29 is 28.9 Å². The topological polar surface area (TPSA) is 127 Å². The number of thiophene rings is 1. The first-order valence-corrected chi connectivity index (χ1v) is 14.8. The lowest BCUT2D eigenvalue weighted by Gasteiger charge is -2.21. The highest BCUT2D eigenvalue weighted by Crippen LogP contribution is 2.37. The molecule has 42 heavy (non-hydrogen) atoms. The number of pyridine rings is 1. The molecule has 4 aromatic rings. The summed E-state index contributed by atoms with van der Waals surface area (Å²) in [5.41, 5.74) is 0.669. The van der Waals surface area contributed by atoms with E-state index < -0.39 is 0 Å². The van der Waals surface area contributed by atoms with E-state index in [2.05, 4.69) is 20.5 Å². The lowest BCUT2D eigenvalue weighted by molar-refractivity contribution is 0.103. The van der Waals surface area contributed by atoms with E-state index in [1.165, 1.54) is 15.9 Å². The van der Waals surface area contributed by atoms with Crippen molar-refractivity contribution in [3.63, 3.8) is 0 Å². The van der Waals surface area contributed by atoms with E-state index in [4.69, 9.17) is 14.2 Å². The number of aliphatic hydroxyl groups is 1. The van der Waals surface area contributed by atoms with Gasteiger partial charge in [0.15, 0.2) is 11.5 Å². The third kappa shape index (κ3) is 6.90. The third-order valence-electron chi connectivity index (χ3n) is 7.03. The number of benzene rings is 1. The van der Waals surface area contributed by atoms with Gasteiger partial charge in [0.1, 0.15) is 18.2 Å². The maximum atomic E-state index is 13.0. The number of hydrogen-bond donors (Lipinski definition) is 3. The van der Waals surface area contributed by atoms with E-state index in [0.717, 1.165) is 36.2 Å². The number of likely N-dealkylation sites (tertiary alicyclic amines) is 1. The predicted octanol–water partition coefficient (Wildman–Crippen LogP) is 4.70. The van der Waals surface area contributed by atoms with Crippen molar-refractivity contribution in [1.82, 2.24) is 19.8 Å². The largest absolute Gasteiger partial charge is 0.487 e. The zero-order chi connectivity index (χ0) is 29.5. The molecule has 4 heterocycles. The van der Waals surface area contributed by atoms with E-state index in [9.17, 15) is 14.7 Å². The van der Waals surface area contributed by atoms with Gasteiger partial charge >= 0.3 is 6.03 Å². The van der Waals surface area contributed by atoms with Crippen LogP contribution in [-0.2, 0) is 11.3 Å². The van der Waals surface area contributed by atoms with Crippen LogP contribution in [0.5, 0.6) is 17.2 Å². The highest BCUT2D eigenvalue weighted by Gasteiger charge is 2.24. The number of anilines is 1. The average Bonchev–Trinajstić information content (AvgIpc) is 3.75. The second-order valence-electron chi connectivity index (χ2n) is 9.79. The summed E-state index contributed by atoms with van der Waals surface area (Å²) in [5, 5.41) is 15.9. The Bertz CT molecular complexity index is 1540. The fourth-order valence-corrected chi connectivity index (χ4v) is 5.86. The van der Waals surface area contributed by atoms with Crippen molar-refractivity contribution in [3.05, 3.63) is 64.6 Å². The van der Waals surface area contributed by atoms with Gasteiger partial charge in [0, 0.05) is 61.0 Å². The average molecular weight is 594 g/mol. The Morgan fingerprint density at radius 2 is 2.02 bits per heavy atom. The Labute approximate surface area is 248 Å². The molecule has 1 atom stereocenters. The molecular formula is C30H35N5O6S. The molecule has 1 saturated heterocycles. The molecule has 1 aliphatic rings. The molecule has 0 aliphatic carbocycles. The van der Waals surface area contributed by atoms with Gasteiger partial charge in [-0.05, 0) is 56.6 Å². The van der Waals surface area contributed by atoms with Gasteiger partial charge in [0.05, 0.1) is 23.6 Å². The van der Waals surface area contributed by atoms with Crippen molar-refractivity contribution in [1.29, 1.82) is 0 Å². The van der Waals surface area contributed by atoms with Gasteiger partial charge in [-0.3, -0.25) is 14.3 Å². The molecule has 11 nitrogen and oxygen atoms in total. The number of nitrogens with one attached hydrogen (secondary N) is 2. The number of fused-ring (bicyclic) bond motifs is 1. The summed E-state index contributed by atoms with van der Waals surface area (Å²) in [7, 11) is 1.57. The highest BCUT2D eigenvalue weighted by atomic mass is 32.1. The normalized spacial score (nSPS) is 15.2. The van der Waals surface area contributed by atoms with Crippen LogP contribution in [0.4, 0.5) is 10.6 Å². The first-order chi connectivity index (χ1) is 20.5. The number of aliphatic hydroxyl groups excluding tert-OH is 1. The number of rotatable bonds is 12. The molecule has 0 bridgehead atoms. The van der Waals surface area contributed by atoms with Crippen LogP contribution in [0.3, 0.4) is 0 Å². The molecule has 1 fully saturated rings. The minimum absolute atomic E-state index is 0.153. The van der Waals surface area contributed by atoms with Gasteiger partial charge in [0.2, 0.25) is 0 Å². The molecular weight excluding hydrogens is 558 g/mol. The Hall–Kier alpha value is -3.97. The molecule has 0 unspecified atom stereocenters. The second kappa shape index (κ2) is 13.8. The second-order valence-corrected chi connectivity index (χ2v) is 11.0. The molecule has 3 aromatic heterocycles. The van der Waals surface area contributed by atoms with Gasteiger partial charge in [-0.15, -0.1) is 11.3 Å². The summed E-state index contributed by atoms with van der Waals surface area (Å²) < 4.78 is 19.1. The summed E-state index contributed by atoms with van der Waals surface area (Å²) in [4.78, 5) is 33.5. The standard InChI is InChI=1S/C30H35N5O6S/c1-3-39-13-14-40-25-17-24-20(9-12-35(24)30(38)31-2)15-26(25)41-22-8-10-32-28(16-22)33-29(37)27-7-6-23(42-27)18-34-11-4-5-21(34)19-36/h6-10,12,15-17,21,36H,3-5,11,13-14,18-19H2,1-2H3,(H,31,38)(H,32,33,37)/t21-/m0/s1. The Morgan fingerprint density at radius 1 is 1.14 bits per heavy atom. The van der Waals surface area contributed by atoms with Crippen LogP contribution in [0.25, 0.3) is 10.9 Å². The Morgan fingerprint density at radius 3 is 2.83 bits per heavy atom. The van der Waals surface area contributed by atoms with Crippen LogP contribution in [0.2, 0.25) is 0 Å². The summed E-state index contributed by atoms with van der Waals surface area (Å²) in [6, 6.07) is 12.4. The van der Waals surface area contributed by atoms with Crippen molar-refractivity contribution >= 4 is 40.0 Å². The minimum atomic E-state index is -0.267. The van der Waals surface area contributed by atoms with Crippen molar-refractivity contribution in [3.8, 4) is 17.2 Å². The molecule has 0 spiro atoms. The fraction of sp³-hybridized carbons (Fsp3) is 0.367. The van der Waals surface area contributed by atoms with Crippen molar-refractivity contribution in [2.75, 3.05) is 45.3 Å². The van der Waals surface area contributed by atoms with Crippen LogP contribution in [0, 0.1) is 0 Å². The van der Waals surface area contributed by atoms with E-state index in [1.54, 1.807) is 43.7 Å². The summed E-state index contributed by atoms with van der Waals surface area (Å²) in [6.45, 7) is 5.02. The smallest absolute Gasteiger partial charge is 0.325 e. The Balaban J connectivity index is 1.30. The highest BCUT2D eigenvalue weighted by molar-refractivity contribution is 7.14. The molecule has 2 amide bonds. The Kier molecular flexibility index (Phi) is 9.70. The number of amides is 2. The molecule has 3 N–H and O–H groups in total. The molecule has 0 radical (unpaired) electrons. The number of aromatic nitrogens is 2. The van der Waals surface area contributed by atoms with E-state index in [0.29, 0.717) is 53.3 Å². The maximum absolute atomic E-state index is 13.0. The molecule has 0 saturated carbocycles. The molecule has 222 valence electrons. The number of carbonyl (C=O) groups is 2. The van der Waals surface area contributed by atoms with Crippen molar-refractivity contribution in [2.24, 2.45) is 0 Å². The number of nitrogens with zero attached hydrogens (tertiary/aromatic N) is 3. The molecule has 12 heteroatoms. The van der Waals surface area contributed by atoms with Crippen LogP contribution in [0.1, 0.15) is 34.3 Å². The van der Waals surface area contributed by atoms with Crippen LogP contribution in [0.15, 0.2) is 54.9 Å². The maximum Gasteiger partial charge on any atom is 0.325 e. The SMILES string of the molecule is CCOCCOc1cc2c(ccn2C(=O)NC)cc1Oc1ccnc(NC(=O)c2ccc(CN3CCC[C@H]3CO)s2)c1. The van der Waals surface area contributed by atoms with Crippen LogP contribution in [-0.4, -0.2) is 77.6 Å². The van der Waals surface area contributed by atoms with Gasteiger partial charge in [0.25, 0.3) is 5.91 Å². The monoisotopic (exact) mass is 593 g/mol. The zero-order valence-electron chi connectivity index (χ0n) is 23.7. The van der Waals surface area contributed by atoms with E-state index in [1.807, 2.05) is 25.1 Å². The van der Waals surface area contributed by atoms with Crippen molar-refractivity contribution in [2.45, 2.75) is 32.4 Å². The van der Waals surface area contributed by atoms with Crippen LogP contribution >= 0.6 is 11.3 Å². The number of ether oxygens (including phenoxy) is 3. The first-order valence-electron chi connectivity index (χ1n) is 14.0. The summed E-state index contributed by atoms with van der Waals surface area (Å²) >= 11 is 1.43. The molecule has 1 aliphatic heterocycles. The third-order valence-corrected chi connectivity index (χ3v) is 8.10. The van der Waals surface area contributed by atoms with Gasteiger partial charge in [-0.2, -0.15) is 0 Å². The van der Waals surface area contributed by atoms with Crippen LogP contribution < -0.4 is 20.1 Å². The molecule has 1 aromatic carbocycles. The lowest BCUT2D eigenvalue weighted by atomic mass is 10.2. The van der Waals surface area contributed by atoms with Gasteiger partial charge < -0.3 is 30.0 Å². The quantitative estimate of drug-likeness (QED) is 0.202. The predicted molar refractivity (Wildman–Crippen MR) is 161 cm³/mol. The minimum Gasteiger partial charge on any atom is -0.487 e. The number of hydrogen-bond acceptors (Lipinski definition) is 9. The van der Waals surface area contributed by atoms with Gasteiger partial charge in [-0.1, -0.05) is 0 Å². The first kappa shape index (κ1) is 29.5. The number of carbonyl (C=O) groups excluding carboxylic acids is 2. The van der Waals surface area contributed by atoms with Gasteiger partial charge in [-0.25, -0.2) is 9.78 Å². The zero-order valence-corrected chi connectivity index (χ0v) is 24.5. The summed E-state index contributed by atoms with van der Waals surface area (Å²) in [5.74, 6) is 1.44. The van der Waals surface area contributed by atoms with E-state index >= 15 is 0 Å². The summed E-state index contributed by atoms with van der Waals surface area (Å²) in [6.07, 6.45) is 5.31. The fourth-order valence-electron chi connectivity index (χ4n) is 4.93. The van der Waals surface area contributed by atoms with E-state index in [-0.39, 0.29) is 24.6 Å².